The summed E-state index contributed by atoms with van der Waals surface area (Å²) in [6.45, 7) is 3.00. The van der Waals surface area contributed by atoms with E-state index in [0.29, 0.717) is 11.7 Å². The lowest BCUT2D eigenvalue weighted by molar-refractivity contribution is -0.114. The van der Waals surface area contributed by atoms with Gasteiger partial charge in [-0.3, -0.25) is 4.79 Å². The summed E-state index contributed by atoms with van der Waals surface area (Å²) in [7, 11) is 0. The van der Waals surface area contributed by atoms with Gasteiger partial charge in [0.1, 0.15) is 10.8 Å². The molecular formula is C15H15N5O2S. The van der Waals surface area contributed by atoms with Crippen molar-refractivity contribution in [3.8, 4) is 5.82 Å². The van der Waals surface area contributed by atoms with E-state index in [1.165, 1.54) is 6.92 Å². The van der Waals surface area contributed by atoms with Crippen LogP contribution in [0.25, 0.3) is 16.7 Å². The molecule has 0 bridgehead atoms. The summed E-state index contributed by atoms with van der Waals surface area (Å²) < 4.78 is 7.21. The number of hydrogen-bond acceptors (Lipinski definition) is 6. The van der Waals surface area contributed by atoms with Crippen LogP contribution in [0.2, 0.25) is 0 Å². The van der Waals surface area contributed by atoms with E-state index < -0.39 is 0 Å². The van der Waals surface area contributed by atoms with E-state index in [9.17, 15) is 4.79 Å². The normalized spacial score (nSPS) is 17.7. The van der Waals surface area contributed by atoms with Crippen LogP contribution in [-0.4, -0.2) is 38.9 Å². The van der Waals surface area contributed by atoms with Crippen molar-refractivity contribution in [2.45, 2.75) is 19.3 Å². The highest BCUT2D eigenvalue weighted by molar-refractivity contribution is 7.10. The van der Waals surface area contributed by atoms with Crippen LogP contribution in [0.1, 0.15) is 24.3 Å². The molecule has 7 nitrogen and oxygen atoms in total. The average molecular weight is 329 g/mol. The molecule has 4 rings (SSSR count). The Morgan fingerprint density at radius 3 is 3.17 bits per heavy atom. The van der Waals surface area contributed by atoms with Crippen LogP contribution in [0.4, 0.5) is 5.82 Å². The van der Waals surface area contributed by atoms with Gasteiger partial charge in [0.2, 0.25) is 5.91 Å². The number of amides is 1. The van der Waals surface area contributed by atoms with Gasteiger partial charge in [0.25, 0.3) is 0 Å². The molecule has 0 radical (unpaired) electrons. The van der Waals surface area contributed by atoms with Gasteiger partial charge in [-0.2, -0.15) is 5.10 Å². The topological polar surface area (TPSA) is 81.9 Å². The third kappa shape index (κ3) is 2.71. The smallest absolute Gasteiger partial charge is 0.222 e. The number of carbonyl (C=O) groups excluding carboxylic acids is 1. The fraction of sp³-hybridized carbons (Fsp3) is 0.333. The molecule has 118 valence electrons. The molecule has 1 N–H and O–H groups in total. The first-order valence-electron chi connectivity index (χ1n) is 7.35. The quantitative estimate of drug-likeness (QED) is 0.797. The number of aromatic nitrogens is 4. The Hall–Kier alpha value is -2.32. The van der Waals surface area contributed by atoms with Gasteiger partial charge in [-0.1, -0.05) is 0 Å². The molecule has 23 heavy (non-hydrogen) atoms. The molecule has 3 aromatic heterocycles. The number of carbonyl (C=O) groups is 1. The first kappa shape index (κ1) is 14.3. The first-order chi connectivity index (χ1) is 11.2. The number of nitrogens with one attached hydrogen (secondary N) is 1. The molecule has 1 aliphatic heterocycles. The predicted molar refractivity (Wildman–Crippen MR) is 87.0 cm³/mol. The summed E-state index contributed by atoms with van der Waals surface area (Å²) in [6, 6.07) is 1.81. The lowest BCUT2D eigenvalue weighted by Gasteiger charge is -2.03. The Bertz CT molecular complexity index is 866. The fourth-order valence-corrected chi connectivity index (χ4v) is 3.55. The molecule has 0 aromatic carbocycles. The second-order valence-electron chi connectivity index (χ2n) is 5.47. The van der Waals surface area contributed by atoms with E-state index in [0.717, 1.165) is 41.4 Å². The SMILES string of the molecule is CC(=O)Nc1cc2c(cn1)cnn2-c1csc(C2CCOC2)n1. The van der Waals surface area contributed by atoms with Crippen molar-refractivity contribution >= 4 is 34.0 Å². The zero-order chi connectivity index (χ0) is 15.8. The first-order valence-corrected chi connectivity index (χ1v) is 8.23. The number of fused-ring (bicyclic) bond motifs is 1. The van der Waals surface area contributed by atoms with Crippen molar-refractivity contribution in [2.24, 2.45) is 0 Å². The highest BCUT2D eigenvalue weighted by atomic mass is 32.1. The minimum absolute atomic E-state index is 0.153. The third-order valence-corrected chi connectivity index (χ3v) is 4.76. The molecule has 0 aliphatic carbocycles. The van der Waals surface area contributed by atoms with Crippen LogP contribution >= 0.6 is 11.3 Å². The number of ether oxygens (including phenoxy) is 1. The standard InChI is InChI=1S/C15H15N5O2S/c1-9(21)18-13-4-12-11(5-16-13)6-17-20(12)14-8-23-15(19-14)10-2-3-22-7-10/h4-6,8,10H,2-3,7H2,1H3,(H,16,18,21). The lowest BCUT2D eigenvalue weighted by atomic mass is 10.1. The molecule has 1 atom stereocenters. The Kier molecular flexibility index (Phi) is 3.55. The molecular weight excluding hydrogens is 314 g/mol. The molecule has 1 fully saturated rings. The Labute approximate surface area is 136 Å². The monoisotopic (exact) mass is 329 g/mol. The van der Waals surface area contributed by atoms with Gasteiger partial charge in [0.05, 0.1) is 18.3 Å². The minimum atomic E-state index is -0.153. The van der Waals surface area contributed by atoms with Gasteiger partial charge in [0.15, 0.2) is 5.82 Å². The van der Waals surface area contributed by atoms with Crippen LogP contribution in [0.3, 0.4) is 0 Å². The van der Waals surface area contributed by atoms with Crippen molar-refractivity contribution in [1.29, 1.82) is 0 Å². The minimum Gasteiger partial charge on any atom is -0.381 e. The maximum atomic E-state index is 11.2. The van der Waals surface area contributed by atoms with Gasteiger partial charge in [-0.15, -0.1) is 11.3 Å². The third-order valence-electron chi connectivity index (χ3n) is 3.76. The summed E-state index contributed by atoms with van der Waals surface area (Å²) in [5.41, 5.74) is 0.864. The largest absolute Gasteiger partial charge is 0.381 e. The summed E-state index contributed by atoms with van der Waals surface area (Å²) in [5.74, 6) is 1.52. The molecule has 4 heterocycles. The van der Waals surface area contributed by atoms with E-state index in [2.05, 4.69) is 15.4 Å². The summed E-state index contributed by atoms with van der Waals surface area (Å²) in [6.07, 6.45) is 4.46. The van der Waals surface area contributed by atoms with Crippen molar-refractivity contribution in [3.05, 3.63) is 28.8 Å². The van der Waals surface area contributed by atoms with Crippen molar-refractivity contribution in [3.63, 3.8) is 0 Å². The van der Waals surface area contributed by atoms with Crippen LogP contribution in [0.15, 0.2) is 23.8 Å². The van der Waals surface area contributed by atoms with E-state index in [1.54, 1.807) is 34.5 Å². The molecule has 8 heteroatoms. The summed E-state index contributed by atoms with van der Waals surface area (Å²) >= 11 is 1.63. The Morgan fingerprint density at radius 2 is 2.39 bits per heavy atom. The second kappa shape index (κ2) is 5.71. The maximum Gasteiger partial charge on any atom is 0.222 e. The molecule has 1 saturated heterocycles. The number of nitrogens with zero attached hydrogens (tertiary/aromatic N) is 4. The maximum absolute atomic E-state index is 11.2. The van der Waals surface area contributed by atoms with Crippen LogP contribution < -0.4 is 5.32 Å². The second-order valence-corrected chi connectivity index (χ2v) is 6.36. The van der Waals surface area contributed by atoms with E-state index in [4.69, 9.17) is 9.72 Å². The van der Waals surface area contributed by atoms with E-state index >= 15 is 0 Å². The summed E-state index contributed by atoms with van der Waals surface area (Å²) in [5, 5.41) is 11.1. The molecule has 1 unspecified atom stereocenters. The number of pyridine rings is 1. The number of anilines is 1. The highest BCUT2D eigenvalue weighted by Crippen LogP contribution is 2.29. The van der Waals surface area contributed by atoms with Gasteiger partial charge in [0, 0.05) is 42.5 Å². The highest BCUT2D eigenvalue weighted by Gasteiger charge is 2.21. The van der Waals surface area contributed by atoms with Crippen molar-refractivity contribution in [1.82, 2.24) is 19.7 Å². The van der Waals surface area contributed by atoms with Crippen LogP contribution in [-0.2, 0) is 9.53 Å². The average Bonchev–Trinajstić information content (AvgIpc) is 3.25. The molecule has 1 amide bonds. The van der Waals surface area contributed by atoms with Gasteiger partial charge in [-0.25, -0.2) is 14.6 Å². The zero-order valence-corrected chi connectivity index (χ0v) is 13.3. The van der Waals surface area contributed by atoms with Gasteiger partial charge < -0.3 is 10.1 Å². The van der Waals surface area contributed by atoms with Crippen LogP contribution in [0.5, 0.6) is 0 Å². The van der Waals surface area contributed by atoms with Crippen molar-refractivity contribution < 1.29 is 9.53 Å². The van der Waals surface area contributed by atoms with E-state index in [1.807, 2.05) is 5.38 Å². The van der Waals surface area contributed by atoms with Gasteiger partial charge in [-0.05, 0) is 6.42 Å². The fourth-order valence-electron chi connectivity index (χ4n) is 2.64. The lowest BCUT2D eigenvalue weighted by Crippen LogP contribution is -2.07. The van der Waals surface area contributed by atoms with Gasteiger partial charge >= 0.3 is 0 Å². The Morgan fingerprint density at radius 1 is 1.48 bits per heavy atom. The van der Waals surface area contributed by atoms with Crippen LogP contribution in [0, 0.1) is 0 Å². The Balaban J connectivity index is 1.71. The molecule has 0 spiro atoms. The number of hydrogen-bond donors (Lipinski definition) is 1. The predicted octanol–water partition coefficient (Wildman–Crippen LogP) is 2.34. The summed E-state index contributed by atoms with van der Waals surface area (Å²) in [4.78, 5) is 20.1. The molecule has 1 aliphatic rings. The zero-order valence-electron chi connectivity index (χ0n) is 12.5. The molecule has 0 saturated carbocycles. The van der Waals surface area contributed by atoms with E-state index in [-0.39, 0.29) is 5.91 Å². The number of thiazole rings is 1. The number of rotatable bonds is 3. The van der Waals surface area contributed by atoms with Crippen molar-refractivity contribution in [2.75, 3.05) is 18.5 Å². The molecule has 3 aromatic rings.